The highest BCUT2D eigenvalue weighted by atomic mass is 27.0. The van der Waals surface area contributed by atoms with Crippen LogP contribution in [0, 0.1) is 5.92 Å². The Bertz CT molecular complexity index is 631. The van der Waals surface area contributed by atoms with E-state index in [0.717, 1.165) is 6.92 Å². The van der Waals surface area contributed by atoms with Gasteiger partial charge >= 0.3 is 6.18 Å². The van der Waals surface area contributed by atoms with Crippen LogP contribution < -0.4 is 5.32 Å². The molecule has 2 rings (SSSR count). The molecule has 0 aliphatic carbocycles. The molecule has 1 fully saturated rings. The highest BCUT2D eigenvalue weighted by molar-refractivity contribution is 6.15. The first-order chi connectivity index (χ1) is 11.5. The van der Waals surface area contributed by atoms with Crippen molar-refractivity contribution in [1.29, 1.82) is 0 Å². The summed E-state index contributed by atoms with van der Waals surface area (Å²) in [5, 5.41) is 20.6. The SMILES string of the molecule is C[C@@H]1[CH]([Al])[C@@H](C(=O)Nc2cnc(C(O)CO)nc2)O[C@]1(C)C(F)(F)F. The quantitative estimate of drug-likeness (QED) is 0.671. The molecule has 3 N–H and O–H groups in total. The molecule has 2 unspecified atom stereocenters. The van der Waals surface area contributed by atoms with Crippen molar-refractivity contribution in [1.82, 2.24) is 9.97 Å². The van der Waals surface area contributed by atoms with Gasteiger partial charge in [0.1, 0.15) is 28.5 Å². The smallest absolute Gasteiger partial charge is 0.393 e. The highest BCUT2D eigenvalue weighted by Crippen LogP contribution is 2.51. The van der Waals surface area contributed by atoms with Crippen molar-refractivity contribution < 1.29 is 32.9 Å². The van der Waals surface area contributed by atoms with Crippen LogP contribution in [0.1, 0.15) is 25.8 Å². The van der Waals surface area contributed by atoms with Gasteiger partial charge in [-0.15, -0.1) is 0 Å². The number of hydrogen-bond donors (Lipinski definition) is 3. The van der Waals surface area contributed by atoms with E-state index in [1.54, 1.807) is 0 Å². The predicted octanol–water partition coefficient (Wildman–Crippen LogP) is 0.754. The molecule has 1 amide bonds. The van der Waals surface area contributed by atoms with Crippen LogP contribution in [-0.4, -0.2) is 66.9 Å². The molecule has 136 valence electrons. The zero-order valence-corrected chi connectivity index (χ0v) is 14.6. The Kier molecular flexibility index (Phi) is 5.75. The van der Waals surface area contributed by atoms with E-state index in [4.69, 9.17) is 9.84 Å². The van der Waals surface area contributed by atoms with Gasteiger partial charge in [0.05, 0.1) is 24.7 Å². The monoisotopic (exact) mass is 375 g/mol. The summed E-state index contributed by atoms with van der Waals surface area (Å²) in [6.45, 7) is 1.74. The predicted molar refractivity (Wildman–Crippen MR) is 80.7 cm³/mol. The van der Waals surface area contributed by atoms with Gasteiger partial charge in [0.15, 0.2) is 11.4 Å². The van der Waals surface area contributed by atoms with Crippen molar-refractivity contribution in [3.63, 3.8) is 0 Å². The Morgan fingerprint density at radius 3 is 2.48 bits per heavy atom. The summed E-state index contributed by atoms with van der Waals surface area (Å²) in [5.74, 6) is -1.73. The van der Waals surface area contributed by atoms with Gasteiger partial charge < -0.3 is 20.3 Å². The molecule has 7 nitrogen and oxygen atoms in total. The maximum absolute atomic E-state index is 13.3. The van der Waals surface area contributed by atoms with Gasteiger partial charge in [0, 0.05) is 0 Å². The van der Waals surface area contributed by atoms with Crippen LogP contribution in [0.2, 0.25) is 4.78 Å². The lowest BCUT2D eigenvalue weighted by Crippen LogP contribution is -2.47. The number of anilines is 1. The Morgan fingerprint density at radius 2 is 2.04 bits per heavy atom. The molecule has 2 heterocycles. The Hall–Kier alpha value is -1.25. The Balaban J connectivity index is 2.11. The minimum Gasteiger partial charge on any atom is -0.393 e. The van der Waals surface area contributed by atoms with Crippen molar-refractivity contribution in [3.8, 4) is 0 Å². The number of carbonyl (C=O) groups is 1. The van der Waals surface area contributed by atoms with Crippen molar-refractivity contribution in [2.75, 3.05) is 11.9 Å². The number of alkyl halides is 3. The van der Waals surface area contributed by atoms with Gasteiger partial charge in [-0.05, 0) is 12.8 Å². The molecule has 1 saturated heterocycles. The summed E-state index contributed by atoms with van der Waals surface area (Å²) in [4.78, 5) is 19.8. The van der Waals surface area contributed by atoms with Crippen LogP contribution in [0.25, 0.3) is 0 Å². The third-order valence-electron chi connectivity index (χ3n) is 4.40. The number of amides is 1. The number of carbonyl (C=O) groups excluding carboxylic acids is 1. The topological polar surface area (TPSA) is 105 Å². The second-order valence-corrected chi connectivity index (χ2v) is 6.80. The van der Waals surface area contributed by atoms with Gasteiger partial charge in [-0.1, -0.05) is 11.7 Å². The highest BCUT2D eigenvalue weighted by Gasteiger charge is 2.63. The van der Waals surface area contributed by atoms with Crippen molar-refractivity contribution >= 4 is 27.9 Å². The van der Waals surface area contributed by atoms with E-state index in [9.17, 15) is 23.1 Å². The van der Waals surface area contributed by atoms with Crippen LogP contribution in [0.3, 0.4) is 0 Å². The second kappa shape index (κ2) is 7.17. The van der Waals surface area contributed by atoms with Crippen LogP contribution in [0.4, 0.5) is 18.9 Å². The zero-order valence-electron chi connectivity index (χ0n) is 13.5. The van der Waals surface area contributed by atoms with E-state index >= 15 is 0 Å². The molecular weight excluding hydrogens is 358 g/mol. The van der Waals surface area contributed by atoms with E-state index < -0.39 is 47.2 Å². The lowest BCUT2D eigenvalue weighted by molar-refractivity contribution is -0.272. The maximum Gasteiger partial charge on any atom is 0.417 e. The molecule has 1 aromatic heterocycles. The van der Waals surface area contributed by atoms with Gasteiger partial charge in [-0.3, -0.25) is 4.79 Å². The number of rotatable bonds is 4. The lowest BCUT2D eigenvalue weighted by Gasteiger charge is -2.31. The number of aromatic nitrogens is 2. The standard InChI is InChI=1S/C14H17F3N3O4.Al/c1-7-3-10(24-13(7,2)14(15,16)17)12(23)20-8-4-18-11(19-5-8)9(22)6-21;/h3-5,7,9-10,21-22H,6H2,1-2H3,(H,20,23);/t7-,9?,10+,13+;/m1./s1. The molecular formula is C14H17AlF3N3O4. The minimum absolute atomic E-state index is 0.0418. The number of ether oxygens (including phenoxy) is 1. The van der Waals surface area contributed by atoms with E-state index in [0.29, 0.717) is 0 Å². The summed E-state index contributed by atoms with van der Waals surface area (Å²) in [6.07, 6.45) is -4.82. The first-order valence-corrected chi connectivity index (χ1v) is 8.09. The number of halogens is 3. The number of aliphatic hydroxyl groups excluding tert-OH is 2. The van der Waals surface area contributed by atoms with Crippen molar-refractivity contribution in [2.24, 2.45) is 5.92 Å². The summed E-state index contributed by atoms with van der Waals surface area (Å²) in [6, 6.07) is 0. The molecule has 0 aromatic carbocycles. The Morgan fingerprint density at radius 1 is 1.48 bits per heavy atom. The van der Waals surface area contributed by atoms with Gasteiger partial charge in [-0.25, -0.2) is 9.97 Å². The first kappa shape index (κ1) is 20.1. The largest absolute Gasteiger partial charge is 0.417 e. The summed E-state index contributed by atoms with van der Waals surface area (Å²) < 4.78 is 44.1. The number of nitrogens with one attached hydrogen (secondary N) is 1. The van der Waals surface area contributed by atoms with Crippen LogP contribution >= 0.6 is 0 Å². The normalized spacial score (nSPS) is 30.9. The molecule has 1 aliphatic heterocycles. The minimum atomic E-state index is -4.61. The second-order valence-electron chi connectivity index (χ2n) is 6.03. The van der Waals surface area contributed by atoms with E-state index in [1.807, 2.05) is 0 Å². The third kappa shape index (κ3) is 3.80. The van der Waals surface area contributed by atoms with Gasteiger partial charge in [-0.2, -0.15) is 13.2 Å². The fourth-order valence-electron chi connectivity index (χ4n) is 2.50. The molecule has 0 spiro atoms. The molecule has 0 bridgehead atoms. The van der Waals surface area contributed by atoms with E-state index in [2.05, 4.69) is 31.6 Å². The van der Waals surface area contributed by atoms with Gasteiger partial charge in [0.2, 0.25) is 0 Å². The number of hydrogen-bond acceptors (Lipinski definition) is 6. The number of aliphatic hydroxyl groups is 2. The summed E-state index contributed by atoms with van der Waals surface area (Å²) >= 11 is 2.23. The molecule has 5 atom stereocenters. The average Bonchev–Trinajstić information content (AvgIpc) is 2.80. The van der Waals surface area contributed by atoms with E-state index in [-0.39, 0.29) is 11.5 Å². The van der Waals surface area contributed by atoms with Crippen molar-refractivity contribution in [3.05, 3.63) is 18.2 Å². The Labute approximate surface area is 150 Å². The van der Waals surface area contributed by atoms with Gasteiger partial charge in [0.25, 0.3) is 5.91 Å². The molecule has 2 radical (unpaired) electrons. The fraction of sp³-hybridized carbons (Fsp3) is 0.643. The summed E-state index contributed by atoms with van der Waals surface area (Å²) in [7, 11) is 0. The lowest BCUT2D eigenvalue weighted by atomic mass is 9.88. The molecule has 1 aliphatic rings. The molecule has 1 aromatic rings. The van der Waals surface area contributed by atoms with Crippen molar-refractivity contribution in [2.45, 2.75) is 42.6 Å². The zero-order chi connectivity index (χ0) is 19.0. The average molecular weight is 375 g/mol. The molecule has 0 saturated carbocycles. The third-order valence-corrected chi connectivity index (χ3v) is 5.33. The fourth-order valence-corrected chi connectivity index (χ4v) is 3.12. The molecule has 11 heteroatoms. The van der Waals surface area contributed by atoms with Crippen LogP contribution in [0.15, 0.2) is 12.4 Å². The van der Waals surface area contributed by atoms with E-state index in [1.165, 1.54) is 19.3 Å². The molecule has 25 heavy (non-hydrogen) atoms. The number of nitrogens with zero attached hydrogens (tertiary/aromatic N) is 2. The van der Waals surface area contributed by atoms with Crippen LogP contribution in [-0.2, 0) is 9.53 Å². The van der Waals surface area contributed by atoms with Crippen LogP contribution in [0.5, 0.6) is 0 Å². The first-order valence-electron chi connectivity index (χ1n) is 7.43. The summed E-state index contributed by atoms with van der Waals surface area (Å²) in [5.41, 5.74) is -2.29. The maximum atomic E-state index is 13.3.